The van der Waals surface area contributed by atoms with Gasteiger partial charge >= 0.3 is 0 Å². The van der Waals surface area contributed by atoms with Crippen LogP contribution >= 0.6 is 34.8 Å². The molecule has 0 aliphatic carbocycles. The molecule has 4 N–H and O–H groups in total. The maximum atomic E-state index is 7.27. The van der Waals surface area contributed by atoms with Crippen LogP contribution in [0.5, 0.6) is 5.75 Å². The van der Waals surface area contributed by atoms with Gasteiger partial charge < -0.3 is 15.8 Å². The largest absolute Gasteiger partial charge is 0.494 e. The first-order chi connectivity index (χ1) is 17.9. The molecule has 0 aromatic heterocycles. The van der Waals surface area contributed by atoms with E-state index in [1.807, 2.05) is 60.7 Å². The van der Waals surface area contributed by atoms with Gasteiger partial charge in [-0.1, -0.05) is 83.3 Å². The van der Waals surface area contributed by atoms with Crippen molar-refractivity contribution >= 4 is 40.8 Å². The normalized spacial score (nSPS) is 11.2. The Morgan fingerprint density at radius 3 is 1.54 bits per heavy atom. The summed E-state index contributed by atoms with van der Waals surface area (Å²) in [5, 5.41) is 12.1. The quantitative estimate of drug-likeness (QED) is 0.108. The lowest BCUT2D eigenvalue weighted by molar-refractivity contribution is 0.286. The van der Waals surface area contributed by atoms with Gasteiger partial charge in [0.15, 0.2) is 5.96 Å². The molecule has 4 nitrogen and oxygen atoms in total. The van der Waals surface area contributed by atoms with Crippen molar-refractivity contribution in [3.63, 3.8) is 0 Å². The Morgan fingerprint density at radius 2 is 1.14 bits per heavy atom. The van der Waals surface area contributed by atoms with Gasteiger partial charge in [-0.15, -0.1) is 0 Å². The third-order valence-corrected chi connectivity index (χ3v) is 7.17. The summed E-state index contributed by atoms with van der Waals surface area (Å²) in [6.45, 7) is 1.08. The fourth-order valence-electron chi connectivity index (χ4n) is 4.55. The Balaban J connectivity index is 1.63. The lowest BCUT2D eigenvalue weighted by Crippen LogP contribution is -2.31. The molecule has 4 aromatic rings. The standard InChI is InChI=1S/C30H28Cl3N3O/c31-25-9-3-22(4-10-25)30(23-5-11-26(32)12-6-23,24-7-13-27(33)14-8-24)18-20-37-28-15-1-21(2-16-28)17-19-36-29(34)35/h1-16H,17-20H2,(H4,34,35,36). The highest BCUT2D eigenvalue weighted by Gasteiger charge is 2.36. The number of guanidine groups is 1. The number of halogens is 3. The second kappa shape index (κ2) is 12.4. The Kier molecular flexibility index (Phi) is 8.99. The van der Waals surface area contributed by atoms with E-state index in [0.29, 0.717) is 34.6 Å². The highest BCUT2D eigenvalue weighted by Crippen LogP contribution is 2.43. The van der Waals surface area contributed by atoms with E-state index in [1.165, 1.54) is 0 Å². The third kappa shape index (κ3) is 6.78. The first-order valence-corrected chi connectivity index (χ1v) is 13.1. The zero-order valence-electron chi connectivity index (χ0n) is 20.2. The highest BCUT2D eigenvalue weighted by molar-refractivity contribution is 6.31. The molecule has 0 atom stereocenters. The minimum absolute atomic E-state index is 0.0227. The van der Waals surface area contributed by atoms with Crippen LogP contribution in [0.1, 0.15) is 28.7 Å². The fourth-order valence-corrected chi connectivity index (χ4v) is 4.93. The molecule has 4 aromatic carbocycles. The molecule has 0 aliphatic rings. The SMILES string of the molecule is N=C(N)NCCc1ccc(OCCC(c2ccc(Cl)cc2)(c2ccc(Cl)cc2)c2ccc(Cl)cc2)cc1. The van der Waals surface area contributed by atoms with Crippen LogP contribution in [-0.4, -0.2) is 19.1 Å². The molecule has 0 saturated heterocycles. The summed E-state index contributed by atoms with van der Waals surface area (Å²) < 4.78 is 6.25. The number of hydrogen-bond donors (Lipinski definition) is 3. The molecule has 0 unspecified atom stereocenters. The maximum absolute atomic E-state index is 7.27. The van der Waals surface area contributed by atoms with Crippen molar-refractivity contribution < 1.29 is 4.74 Å². The van der Waals surface area contributed by atoms with Gasteiger partial charge in [0.05, 0.1) is 6.61 Å². The van der Waals surface area contributed by atoms with Gasteiger partial charge in [-0.3, -0.25) is 5.41 Å². The molecule has 37 heavy (non-hydrogen) atoms. The van der Waals surface area contributed by atoms with E-state index < -0.39 is 5.41 Å². The van der Waals surface area contributed by atoms with Gasteiger partial charge in [0.1, 0.15) is 5.75 Å². The van der Waals surface area contributed by atoms with Crippen LogP contribution in [0.3, 0.4) is 0 Å². The molecule has 7 heteroatoms. The van der Waals surface area contributed by atoms with Crippen molar-refractivity contribution in [3.05, 3.63) is 134 Å². The minimum Gasteiger partial charge on any atom is -0.494 e. The molecule has 0 saturated carbocycles. The van der Waals surface area contributed by atoms with Gasteiger partial charge in [0.2, 0.25) is 0 Å². The molecular formula is C30H28Cl3N3O. The first-order valence-electron chi connectivity index (χ1n) is 11.9. The van der Waals surface area contributed by atoms with Crippen molar-refractivity contribution in [2.45, 2.75) is 18.3 Å². The summed E-state index contributed by atoms with van der Waals surface area (Å²) in [7, 11) is 0. The molecule has 0 bridgehead atoms. The lowest BCUT2D eigenvalue weighted by atomic mass is 9.67. The van der Waals surface area contributed by atoms with E-state index in [4.69, 9.17) is 50.7 Å². The van der Waals surface area contributed by atoms with Crippen LogP contribution < -0.4 is 15.8 Å². The Bertz CT molecular complexity index is 1200. The van der Waals surface area contributed by atoms with E-state index in [9.17, 15) is 0 Å². The molecule has 0 radical (unpaired) electrons. The summed E-state index contributed by atoms with van der Waals surface area (Å²) >= 11 is 18.8. The molecule has 0 heterocycles. The van der Waals surface area contributed by atoms with Gasteiger partial charge in [-0.25, -0.2) is 0 Å². The average Bonchev–Trinajstić information content (AvgIpc) is 2.89. The van der Waals surface area contributed by atoms with E-state index >= 15 is 0 Å². The van der Waals surface area contributed by atoms with Crippen molar-refractivity contribution in [2.24, 2.45) is 5.73 Å². The molecule has 0 aliphatic heterocycles. The second-order valence-corrected chi connectivity index (χ2v) is 10.1. The van der Waals surface area contributed by atoms with Crippen LogP contribution in [-0.2, 0) is 11.8 Å². The van der Waals surface area contributed by atoms with Crippen molar-refractivity contribution in [1.29, 1.82) is 5.41 Å². The van der Waals surface area contributed by atoms with E-state index in [0.717, 1.165) is 34.4 Å². The van der Waals surface area contributed by atoms with Gasteiger partial charge in [0.25, 0.3) is 0 Å². The van der Waals surface area contributed by atoms with Crippen LogP contribution in [0.25, 0.3) is 0 Å². The highest BCUT2D eigenvalue weighted by atomic mass is 35.5. The van der Waals surface area contributed by atoms with Crippen molar-refractivity contribution in [1.82, 2.24) is 5.32 Å². The first kappa shape index (κ1) is 26.9. The summed E-state index contributed by atoms with van der Waals surface area (Å²) in [6.07, 6.45) is 1.44. The Hall–Kier alpha value is -3.18. The predicted molar refractivity (Wildman–Crippen MR) is 154 cm³/mol. The van der Waals surface area contributed by atoms with Crippen molar-refractivity contribution in [3.8, 4) is 5.75 Å². The van der Waals surface area contributed by atoms with Crippen molar-refractivity contribution in [2.75, 3.05) is 13.2 Å². The molecule has 190 valence electrons. The van der Waals surface area contributed by atoms with E-state index in [1.54, 1.807) is 0 Å². The topological polar surface area (TPSA) is 71.1 Å². The molecule has 0 fully saturated rings. The monoisotopic (exact) mass is 551 g/mol. The summed E-state index contributed by atoms with van der Waals surface area (Å²) in [4.78, 5) is 0. The van der Waals surface area contributed by atoms with Gasteiger partial charge in [-0.05, 0) is 83.6 Å². The molecule has 0 spiro atoms. The predicted octanol–water partition coefficient (Wildman–Crippen LogP) is 7.48. The van der Waals surface area contributed by atoms with E-state index in [2.05, 4.69) is 41.7 Å². The third-order valence-electron chi connectivity index (χ3n) is 6.41. The lowest BCUT2D eigenvalue weighted by Gasteiger charge is -2.36. The molecular weight excluding hydrogens is 525 g/mol. The number of benzene rings is 4. The molecule has 4 rings (SSSR count). The summed E-state index contributed by atoms with van der Waals surface area (Å²) in [5.74, 6) is 0.769. The Labute approximate surface area is 232 Å². The number of rotatable bonds is 10. The number of ether oxygens (including phenoxy) is 1. The van der Waals surface area contributed by atoms with Crippen LogP contribution in [0.15, 0.2) is 97.1 Å². The van der Waals surface area contributed by atoms with Gasteiger partial charge in [-0.2, -0.15) is 0 Å². The minimum atomic E-state index is -0.516. The average molecular weight is 553 g/mol. The van der Waals surface area contributed by atoms with Gasteiger partial charge in [0, 0.05) is 27.0 Å². The smallest absolute Gasteiger partial charge is 0.185 e. The van der Waals surface area contributed by atoms with Crippen LogP contribution in [0, 0.1) is 5.41 Å². The molecule has 0 amide bonds. The maximum Gasteiger partial charge on any atom is 0.185 e. The number of hydrogen-bond acceptors (Lipinski definition) is 2. The van der Waals surface area contributed by atoms with Crippen LogP contribution in [0.4, 0.5) is 0 Å². The Morgan fingerprint density at radius 1 is 0.703 bits per heavy atom. The van der Waals surface area contributed by atoms with E-state index in [-0.39, 0.29) is 5.96 Å². The second-order valence-electron chi connectivity index (χ2n) is 8.76. The fraction of sp³-hybridized carbons (Fsp3) is 0.167. The number of nitrogens with two attached hydrogens (primary N) is 1. The summed E-state index contributed by atoms with van der Waals surface area (Å²) in [5.41, 5.74) is 9.26. The summed E-state index contributed by atoms with van der Waals surface area (Å²) in [6, 6.07) is 31.9. The number of nitrogens with one attached hydrogen (secondary N) is 2. The zero-order chi connectivity index (χ0) is 26.3. The van der Waals surface area contributed by atoms with Crippen LogP contribution in [0.2, 0.25) is 15.1 Å². The zero-order valence-corrected chi connectivity index (χ0v) is 22.5.